The monoisotopic (exact) mass is 189 g/mol. The van der Waals surface area contributed by atoms with E-state index in [-0.39, 0.29) is 0 Å². The van der Waals surface area contributed by atoms with Crippen LogP contribution in [-0.2, 0) is 0 Å². The molecule has 1 nitrogen and oxygen atoms in total. The molecule has 0 radical (unpaired) electrons. The average Bonchev–Trinajstić information content (AvgIpc) is 2.53. The fourth-order valence-corrected chi connectivity index (χ4v) is 1.89. The molecule has 0 atom stereocenters. The van der Waals surface area contributed by atoms with Crippen LogP contribution < -0.4 is 0 Å². The molecule has 66 valence electrons. The summed E-state index contributed by atoms with van der Waals surface area (Å²) < 4.78 is 0. The quantitative estimate of drug-likeness (QED) is 0.669. The molecule has 0 fully saturated rings. The summed E-state index contributed by atoms with van der Waals surface area (Å²) in [7, 11) is 0. The maximum Gasteiger partial charge on any atom is 0.0840 e. The van der Waals surface area contributed by atoms with E-state index in [9.17, 15) is 0 Å². The van der Waals surface area contributed by atoms with Crippen LogP contribution in [0, 0.1) is 13.8 Å². The predicted octanol–water partition coefficient (Wildman–Crippen LogP) is 3.43. The first kappa shape index (κ1) is 8.45. The molecule has 0 aliphatic heterocycles. The van der Waals surface area contributed by atoms with Crippen LogP contribution in [0.25, 0.3) is 11.3 Å². The number of rotatable bonds is 1. The second kappa shape index (κ2) is 3.30. The SMILES string of the molecule is Cc1ccc(-c2ncsc2C)cc1. The topological polar surface area (TPSA) is 12.9 Å². The molecule has 2 heteroatoms. The van der Waals surface area contributed by atoms with Crippen molar-refractivity contribution in [3.63, 3.8) is 0 Å². The van der Waals surface area contributed by atoms with Gasteiger partial charge in [0.15, 0.2) is 0 Å². The van der Waals surface area contributed by atoms with Crippen molar-refractivity contribution in [3.8, 4) is 11.3 Å². The zero-order valence-corrected chi connectivity index (χ0v) is 8.56. The van der Waals surface area contributed by atoms with Gasteiger partial charge in [-0.3, -0.25) is 0 Å². The molecule has 1 aromatic heterocycles. The third kappa shape index (κ3) is 1.63. The Morgan fingerprint density at radius 2 is 1.77 bits per heavy atom. The number of aryl methyl sites for hydroxylation is 2. The summed E-state index contributed by atoms with van der Waals surface area (Å²) >= 11 is 1.69. The molecule has 2 rings (SSSR count). The second-order valence-electron chi connectivity index (χ2n) is 3.12. The minimum absolute atomic E-state index is 1.12. The zero-order valence-electron chi connectivity index (χ0n) is 7.74. The predicted molar refractivity (Wildman–Crippen MR) is 57.0 cm³/mol. The van der Waals surface area contributed by atoms with Crippen molar-refractivity contribution >= 4 is 11.3 Å². The lowest BCUT2D eigenvalue weighted by Crippen LogP contribution is -1.80. The molecule has 0 saturated carbocycles. The van der Waals surface area contributed by atoms with E-state index in [2.05, 4.69) is 43.1 Å². The molecule has 2 aromatic rings. The highest BCUT2D eigenvalue weighted by atomic mass is 32.1. The molecule has 0 aliphatic carbocycles. The first-order chi connectivity index (χ1) is 6.27. The van der Waals surface area contributed by atoms with Gasteiger partial charge in [0, 0.05) is 10.4 Å². The lowest BCUT2D eigenvalue weighted by Gasteiger charge is -1.98. The molecule has 1 heterocycles. The molecule has 0 spiro atoms. The molecule has 0 amide bonds. The Bertz CT molecular complexity index is 400. The Labute approximate surface area is 82.1 Å². The van der Waals surface area contributed by atoms with Gasteiger partial charge in [0.05, 0.1) is 11.2 Å². The fourth-order valence-electron chi connectivity index (χ4n) is 1.29. The normalized spacial score (nSPS) is 10.3. The molecule has 0 N–H and O–H groups in total. The van der Waals surface area contributed by atoms with Gasteiger partial charge in [-0.2, -0.15) is 0 Å². The maximum atomic E-state index is 4.33. The van der Waals surface area contributed by atoms with Crippen molar-refractivity contribution in [3.05, 3.63) is 40.2 Å². The van der Waals surface area contributed by atoms with Crippen molar-refractivity contribution in [2.24, 2.45) is 0 Å². The van der Waals surface area contributed by atoms with E-state index in [0.29, 0.717) is 0 Å². The molecule has 0 bridgehead atoms. The van der Waals surface area contributed by atoms with Crippen LogP contribution in [0.15, 0.2) is 29.8 Å². The molecule has 0 saturated heterocycles. The number of hydrogen-bond acceptors (Lipinski definition) is 2. The van der Waals surface area contributed by atoms with Crippen LogP contribution in [0.4, 0.5) is 0 Å². The minimum Gasteiger partial charge on any atom is -0.244 e. The summed E-state index contributed by atoms with van der Waals surface area (Å²) in [4.78, 5) is 5.62. The Kier molecular flexibility index (Phi) is 2.15. The second-order valence-corrected chi connectivity index (χ2v) is 4.18. The zero-order chi connectivity index (χ0) is 9.26. The lowest BCUT2D eigenvalue weighted by molar-refractivity contribution is 1.36. The van der Waals surface area contributed by atoms with E-state index >= 15 is 0 Å². The third-order valence-electron chi connectivity index (χ3n) is 2.07. The average molecular weight is 189 g/mol. The van der Waals surface area contributed by atoms with E-state index in [1.54, 1.807) is 11.3 Å². The van der Waals surface area contributed by atoms with Crippen molar-refractivity contribution in [2.45, 2.75) is 13.8 Å². The summed E-state index contributed by atoms with van der Waals surface area (Å²) in [5.74, 6) is 0. The first-order valence-electron chi connectivity index (χ1n) is 4.24. The molecule has 0 unspecified atom stereocenters. The van der Waals surface area contributed by atoms with Gasteiger partial charge in [-0.1, -0.05) is 29.8 Å². The summed E-state index contributed by atoms with van der Waals surface area (Å²) in [6.07, 6.45) is 0. The van der Waals surface area contributed by atoms with E-state index in [1.807, 2.05) is 5.51 Å². The van der Waals surface area contributed by atoms with Crippen LogP contribution in [0.1, 0.15) is 10.4 Å². The number of aromatic nitrogens is 1. The van der Waals surface area contributed by atoms with Gasteiger partial charge < -0.3 is 0 Å². The van der Waals surface area contributed by atoms with Crippen LogP contribution >= 0.6 is 11.3 Å². The Morgan fingerprint density at radius 1 is 1.08 bits per heavy atom. The highest BCUT2D eigenvalue weighted by molar-refractivity contribution is 7.10. The largest absolute Gasteiger partial charge is 0.244 e. The Hall–Kier alpha value is -1.15. The van der Waals surface area contributed by atoms with Gasteiger partial charge in [0.2, 0.25) is 0 Å². The Balaban J connectivity index is 2.47. The molecular formula is C11H11NS. The standard InChI is InChI=1S/C11H11NS/c1-8-3-5-10(6-4-8)11-9(2)13-7-12-11/h3-7H,1-2H3. The van der Waals surface area contributed by atoms with E-state index in [4.69, 9.17) is 0 Å². The summed E-state index contributed by atoms with van der Waals surface area (Å²) in [6.45, 7) is 4.20. The van der Waals surface area contributed by atoms with E-state index < -0.39 is 0 Å². The molecular weight excluding hydrogens is 178 g/mol. The smallest absolute Gasteiger partial charge is 0.0840 e. The number of hydrogen-bond donors (Lipinski definition) is 0. The summed E-state index contributed by atoms with van der Waals surface area (Å²) in [5, 5.41) is 0. The van der Waals surface area contributed by atoms with Gasteiger partial charge in [0.1, 0.15) is 0 Å². The van der Waals surface area contributed by atoms with Crippen LogP contribution in [0.3, 0.4) is 0 Å². The Morgan fingerprint density at radius 3 is 2.31 bits per heavy atom. The number of benzene rings is 1. The number of nitrogens with zero attached hydrogens (tertiary/aromatic N) is 1. The summed E-state index contributed by atoms with van der Waals surface area (Å²) in [6, 6.07) is 8.48. The van der Waals surface area contributed by atoms with Crippen LogP contribution in [0.5, 0.6) is 0 Å². The number of thiazole rings is 1. The van der Waals surface area contributed by atoms with Gasteiger partial charge in [0.25, 0.3) is 0 Å². The summed E-state index contributed by atoms with van der Waals surface area (Å²) in [5.41, 5.74) is 5.51. The van der Waals surface area contributed by atoms with Gasteiger partial charge in [-0.15, -0.1) is 11.3 Å². The van der Waals surface area contributed by atoms with Crippen molar-refractivity contribution in [2.75, 3.05) is 0 Å². The van der Waals surface area contributed by atoms with Gasteiger partial charge in [-0.25, -0.2) is 4.98 Å². The van der Waals surface area contributed by atoms with E-state index in [1.165, 1.54) is 16.0 Å². The first-order valence-corrected chi connectivity index (χ1v) is 5.12. The molecule has 1 aromatic carbocycles. The van der Waals surface area contributed by atoms with Gasteiger partial charge in [-0.05, 0) is 13.8 Å². The fraction of sp³-hybridized carbons (Fsp3) is 0.182. The highest BCUT2D eigenvalue weighted by Gasteiger charge is 2.03. The van der Waals surface area contributed by atoms with Crippen molar-refractivity contribution in [1.29, 1.82) is 0 Å². The van der Waals surface area contributed by atoms with E-state index in [0.717, 1.165) is 5.69 Å². The van der Waals surface area contributed by atoms with Crippen molar-refractivity contribution in [1.82, 2.24) is 4.98 Å². The molecule has 0 aliphatic rings. The highest BCUT2D eigenvalue weighted by Crippen LogP contribution is 2.24. The van der Waals surface area contributed by atoms with Crippen molar-refractivity contribution < 1.29 is 0 Å². The lowest BCUT2D eigenvalue weighted by atomic mass is 10.1. The van der Waals surface area contributed by atoms with Crippen LogP contribution in [-0.4, -0.2) is 4.98 Å². The maximum absolute atomic E-state index is 4.33. The third-order valence-corrected chi connectivity index (χ3v) is 2.83. The molecule has 13 heavy (non-hydrogen) atoms. The van der Waals surface area contributed by atoms with Gasteiger partial charge >= 0.3 is 0 Å². The van der Waals surface area contributed by atoms with Crippen LogP contribution in [0.2, 0.25) is 0 Å². The minimum atomic E-state index is 1.12.